The van der Waals surface area contributed by atoms with Gasteiger partial charge in [-0.1, -0.05) is 51.4 Å². The smallest absolute Gasteiger partial charge is 0.450 e. The molecule has 0 aliphatic carbocycles. The molecule has 0 fully saturated rings. The highest BCUT2D eigenvalue weighted by atomic mass is 28.3. The van der Waals surface area contributed by atoms with E-state index in [1.54, 1.807) is 0 Å². The topological polar surface area (TPSA) is 46.5 Å². The molecule has 0 atom stereocenters. The van der Waals surface area contributed by atoms with Crippen molar-refractivity contribution in [1.82, 2.24) is 0 Å². The van der Waals surface area contributed by atoms with Crippen molar-refractivity contribution in [3.05, 3.63) is 0 Å². The first-order valence-corrected chi connectivity index (χ1v) is 13.3. The van der Waals surface area contributed by atoms with E-state index in [-0.39, 0.29) is 0 Å². The third kappa shape index (κ3) is 10.2. The number of hydrogen-bond donors (Lipinski definition) is 1. The van der Waals surface area contributed by atoms with Crippen LogP contribution in [0, 0.1) is 5.92 Å². The van der Waals surface area contributed by atoms with Gasteiger partial charge in [-0.25, -0.2) is 4.79 Å². The van der Waals surface area contributed by atoms with Gasteiger partial charge in [-0.3, -0.25) is 0 Å². The first-order chi connectivity index (χ1) is 6.99. The predicted octanol–water partition coefficient (Wildman–Crippen LogP) is 3.97. The van der Waals surface area contributed by atoms with Crippen molar-refractivity contribution >= 4 is 22.3 Å². The van der Waals surface area contributed by atoms with Crippen molar-refractivity contribution in [2.75, 3.05) is 6.61 Å². The molecule has 0 amide bonds. The zero-order valence-electron chi connectivity index (χ0n) is 11.5. The van der Waals surface area contributed by atoms with E-state index >= 15 is 0 Å². The van der Waals surface area contributed by atoms with Crippen molar-refractivity contribution in [3.8, 4) is 0 Å². The average Bonchev–Trinajstić information content (AvgIpc) is 1.93. The second-order valence-electron chi connectivity index (χ2n) is 6.97. The van der Waals surface area contributed by atoms with Gasteiger partial charge in [-0.2, -0.15) is 0 Å². The molecule has 5 heteroatoms. The van der Waals surface area contributed by atoms with Crippen LogP contribution >= 0.6 is 0 Å². The molecule has 0 saturated heterocycles. The van der Waals surface area contributed by atoms with Crippen LogP contribution in [0.5, 0.6) is 0 Å². The minimum atomic E-state index is -1.14. The zero-order valence-corrected chi connectivity index (χ0v) is 13.5. The second kappa shape index (κ2) is 5.86. The van der Waals surface area contributed by atoms with E-state index in [2.05, 4.69) is 39.3 Å². The van der Waals surface area contributed by atoms with Crippen LogP contribution in [-0.2, 0) is 4.74 Å². The third-order valence-electron chi connectivity index (χ3n) is 2.24. The molecule has 0 aliphatic heterocycles. The van der Waals surface area contributed by atoms with Gasteiger partial charge in [-0.05, 0) is 5.92 Å². The predicted molar refractivity (Wildman–Crippen MR) is 73.8 cm³/mol. The van der Waals surface area contributed by atoms with Gasteiger partial charge in [0.1, 0.15) is 0 Å². The Morgan fingerprint density at radius 3 is 1.69 bits per heavy atom. The van der Waals surface area contributed by atoms with Crippen molar-refractivity contribution in [2.45, 2.75) is 51.4 Å². The summed E-state index contributed by atoms with van der Waals surface area (Å²) in [7, 11) is -2.29. The van der Waals surface area contributed by atoms with E-state index in [1.807, 2.05) is 0 Å². The Morgan fingerprint density at radius 1 is 1.06 bits per heavy atom. The Bertz CT molecular complexity index is 212. The SMILES string of the molecule is C[Si](C)(C)CC(COC(=O)O)C[Si](C)(C)C. The van der Waals surface area contributed by atoms with Crippen LogP contribution in [0.15, 0.2) is 0 Å². The summed E-state index contributed by atoms with van der Waals surface area (Å²) in [6.07, 6.45) is -1.14. The number of carbonyl (C=O) groups is 1. The molecule has 0 aromatic heterocycles. The van der Waals surface area contributed by atoms with Crippen LogP contribution < -0.4 is 0 Å². The maximum Gasteiger partial charge on any atom is 0.505 e. The molecule has 1 N–H and O–H groups in total. The van der Waals surface area contributed by atoms with Gasteiger partial charge in [0.05, 0.1) is 6.61 Å². The Hall–Kier alpha value is -0.296. The highest BCUT2D eigenvalue weighted by molar-refractivity contribution is 6.77. The van der Waals surface area contributed by atoms with Gasteiger partial charge >= 0.3 is 6.16 Å². The summed E-state index contributed by atoms with van der Waals surface area (Å²) < 4.78 is 4.76. The molecule has 0 saturated carbocycles. The quantitative estimate of drug-likeness (QED) is 0.582. The highest BCUT2D eigenvalue weighted by Gasteiger charge is 2.26. The highest BCUT2D eigenvalue weighted by Crippen LogP contribution is 2.26. The van der Waals surface area contributed by atoms with Crippen molar-refractivity contribution < 1.29 is 14.6 Å². The minimum absolute atomic E-state index is 0.379. The number of rotatable bonds is 6. The standard InChI is InChI=1S/C11H26O3Si2/c1-15(2,3)8-10(7-14-11(12)13)9-16(4,5)6/h10H,7-9H2,1-6H3,(H,12,13). The summed E-state index contributed by atoms with van der Waals surface area (Å²) in [5.74, 6) is 0.425. The van der Waals surface area contributed by atoms with Crippen LogP contribution in [0.4, 0.5) is 4.79 Å². The summed E-state index contributed by atoms with van der Waals surface area (Å²) in [4.78, 5) is 10.4. The monoisotopic (exact) mass is 262 g/mol. The molecule has 0 aromatic carbocycles. The molecule has 0 aromatic rings. The van der Waals surface area contributed by atoms with Crippen LogP contribution in [0.1, 0.15) is 0 Å². The van der Waals surface area contributed by atoms with Crippen LogP contribution in [-0.4, -0.2) is 34.0 Å². The summed E-state index contributed by atoms with van der Waals surface area (Å²) in [6, 6.07) is 2.31. The minimum Gasteiger partial charge on any atom is -0.450 e. The normalized spacial score (nSPS) is 12.9. The Balaban J connectivity index is 4.33. The molecule has 0 rings (SSSR count). The molecule has 16 heavy (non-hydrogen) atoms. The van der Waals surface area contributed by atoms with Crippen LogP contribution in [0.2, 0.25) is 51.4 Å². The first kappa shape index (κ1) is 15.7. The summed E-state index contributed by atoms with van der Waals surface area (Å²) >= 11 is 0. The van der Waals surface area contributed by atoms with E-state index < -0.39 is 22.3 Å². The fourth-order valence-corrected chi connectivity index (χ4v) is 6.39. The van der Waals surface area contributed by atoms with E-state index in [0.29, 0.717) is 12.5 Å². The number of hydrogen-bond acceptors (Lipinski definition) is 2. The summed E-state index contributed by atoms with van der Waals surface area (Å²) in [6.45, 7) is 14.3. The maximum absolute atomic E-state index is 10.4. The second-order valence-corrected chi connectivity index (χ2v) is 18.0. The van der Waals surface area contributed by atoms with Crippen molar-refractivity contribution in [2.24, 2.45) is 5.92 Å². The van der Waals surface area contributed by atoms with Crippen molar-refractivity contribution in [1.29, 1.82) is 0 Å². The van der Waals surface area contributed by atoms with E-state index in [1.165, 1.54) is 0 Å². The molecule has 0 heterocycles. The van der Waals surface area contributed by atoms with E-state index in [4.69, 9.17) is 9.84 Å². The largest absolute Gasteiger partial charge is 0.505 e. The molecule has 0 bridgehead atoms. The molecule has 0 aliphatic rings. The Morgan fingerprint density at radius 2 is 1.44 bits per heavy atom. The fourth-order valence-electron chi connectivity index (χ4n) is 2.11. The molecular formula is C11H26O3Si2. The fraction of sp³-hybridized carbons (Fsp3) is 0.909. The molecule has 0 radical (unpaired) electrons. The lowest BCUT2D eigenvalue weighted by Crippen LogP contribution is -2.32. The summed E-state index contributed by atoms with van der Waals surface area (Å²) in [5, 5.41) is 8.56. The van der Waals surface area contributed by atoms with Gasteiger partial charge in [0.2, 0.25) is 0 Å². The van der Waals surface area contributed by atoms with Gasteiger partial charge in [0.25, 0.3) is 0 Å². The van der Waals surface area contributed by atoms with E-state index in [0.717, 1.165) is 12.1 Å². The maximum atomic E-state index is 10.4. The van der Waals surface area contributed by atoms with Gasteiger partial charge in [-0.15, -0.1) is 0 Å². The Labute approximate surface area is 101 Å². The zero-order chi connectivity index (χ0) is 13.0. The lowest BCUT2D eigenvalue weighted by molar-refractivity contribution is 0.0811. The third-order valence-corrected chi connectivity index (χ3v) is 5.85. The van der Waals surface area contributed by atoms with Gasteiger partial charge in [0, 0.05) is 16.1 Å². The van der Waals surface area contributed by atoms with Gasteiger partial charge < -0.3 is 9.84 Å². The molecular weight excluding hydrogens is 236 g/mol. The lowest BCUT2D eigenvalue weighted by Gasteiger charge is -2.28. The van der Waals surface area contributed by atoms with Crippen LogP contribution in [0.3, 0.4) is 0 Å². The summed E-state index contributed by atoms with van der Waals surface area (Å²) in [5.41, 5.74) is 0. The number of ether oxygens (including phenoxy) is 1. The Kier molecular flexibility index (Phi) is 5.75. The first-order valence-electron chi connectivity index (χ1n) is 5.85. The molecule has 0 unspecified atom stereocenters. The average molecular weight is 262 g/mol. The van der Waals surface area contributed by atoms with Crippen LogP contribution in [0.25, 0.3) is 0 Å². The number of carboxylic acid groups (broad SMARTS) is 1. The van der Waals surface area contributed by atoms with Crippen molar-refractivity contribution in [3.63, 3.8) is 0 Å². The lowest BCUT2D eigenvalue weighted by atomic mass is 10.2. The van der Waals surface area contributed by atoms with E-state index in [9.17, 15) is 4.79 Å². The molecule has 3 nitrogen and oxygen atoms in total. The molecule has 96 valence electrons. The molecule has 0 spiro atoms. The van der Waals surface area contributed by atoms with Gasteiger partial charge in [0.15, 0.2) is 0 Å².